The maximum absolute atomic E-state index is 11.1. The summed E-state index contributed by atoms with van der Waals surface area (Å²) < 4.78 is 4.48. The van der Waals surface area contributed by atoms with E-state index in [9.17, 15) is 4.79 Å². The first kappa shape index (κ1) is 11.5. The number of nitriles is 1. The van der Waals surface area contributed by atoms with E-state index in [0.29, 0.717) is 0 Å². The number of carbonyl (C=O) groups is 1. The van der Waals surface area contributed by atoms with Gasteiger partial charge < -0.3 is 4.74 Å². The summed E-state index contributed by atoms with van der Waals surface area (Å²) in [5.74, 6) is -0.594. The number of thiophene rings is 1. The average molecular weight is 221 g/mol. The van der Waals surface area contributed by atoms with E-state index in [-0.39, 0.29) is 5.57 Å². The van der Waals surface area contributed by atoms with Crippen LogP contribution in [0, 0.1) is 11.3 Å². The van der Waals surface area contributed by atoms with Crippen LogP contribution in [0.5, 0.6) is 0 Å². The Hall–Kier alpha value is -1.60. The molecule has 0 bridgehead atoms. The van der Waals surface area contributed by atoms with Crippen molar-refractivity contribution in [3.8, 4) is 6.07 Å². The van der Waals surface area contributed by atoms with E-state index >= 15 is 0 Å². The number of hydrogen-bond donors (Lipinski definition) is 0. The zero-order valence-corrected chi connectivity index (χ0v) is 9.43. The van der Waals surface area contributed by atoms with Gasteiger partial charge in [-0.05, 0) is 24.6 Å². The second-order valence-corrected chi connectivity index (χ2v) is 4.02. The van der Waals surface area contributed by atoms with Gasteiger partial charge in [-0.15, -0.1) is 11.3 Å². The lowest BCUT2D eigenvalue weighted by atomic mass is 10.2. The lowest BCUT2D eigenvalue weighted by molar-refractivity contribution is -0.135. The molecule has 0 unspecified atom stereocenters. The molecule has 0 fully saturated rings. The fourth-order valence-corrected chi connectivity index (χ4v) is 1.95. The van der Waals surface area contributed by atoms with Gasteiger partial charge in [-0.1, -0.05) is 6.92 Å². The van der Waals surface area contributed by atoms with Crippen LogP contribution in [0.15, 0.2) is 17.7 Å². The van der Waals surface area contributed by atoms with Crippen LogP contribution in [-0.2, 0) is 16.0 Å². The van der Waals surface area contributed by atoms with Crippen LogP contribution >= 0.6 is 11.3 Å². The molecule has 0 N–H and O–H groups in total. The quantitative estimate of drug-likeness (QED) is 0.447. The Balaban J connectivity index is 2.94. The number of rotatable bonds is 3. The molecule has 4 heteroatoms. The molecule has 0 aliphatic rings. The largest absolute Gasteiger partial charge is 0.465 e. The number of methoxy groups -OCH3 is 1. The number of aryl methyl sites for hydroxylation is 1. The summed E-state index contributed by atoms with van der Waals surface area (Å²) in [5, 5.41) is 8.74. The molecule has 0 spiro atoms. The lowest BCUT2D eigenvalue weighted by Crippen LogP contribution is -2.02. The Bertz CT molecular complexity index is 426. The minimum atomic E-state index is -0.594. The molecule has 0 saturated heterocycles. The second kappa shape index (κ2) is 5.32. The van der Waals surface area contributed by atoms with Crippen molar-refractivity contribution in [3.05, 3.63) is 27.5 Å². The van der Waals surface area contributed by atoms with Crippen LogP contribution in [0.25, 0.3) is 6.08 Å². The summed E-state index contributed by atoms with van der Waals surface area (Å²) in [6, 6.07) is 5.70. The third kappa shape index (κ3) is 2.93. The molecule has 0 aliphatic heterocycles. The predicted octanol–water partition coefficient (Wildman–Crippen LogP) is 2.39. The van der Waals surface area contributed by atoms with Gasteiger partial charge in [0.15, 0.2) is 0 Å². The van der Waals surface area contributed by atoms with Crippen LogP contribution in [0.3, 0.4) is 0 Å². The monoisotopic (exact) mass is 221 g/mol. The predicted molar refractivity (Wildman–Crippen MR) is 59.3 cm³/mol. The molecule has 1 aromatic rings. The van der Waals surface area contributed by atoms with E-state index < -0.39 is 5.97 Å². The van der Waals surface area contributed by atoms with Crippen molar-refractivity contribution in [2.24, 2.45) is 0 Å². The summed E-state index contributed by atoms with van der Waals surface area (Å²) in [5.41, 5.74) is 0.0296. The van der Waals surface area contributed by atoms with Gasteiger partial charge in [0.1, 0.15) is 11.6 Å². The lowest BCUT2D eigenvalue weighted by Gasteiger charge is -1.94. The number of hydrogen-bond acceptors (Lipinski definition) is 4. The molecule has 0 radical (unpaired) electrons. The average Bonchev–Trinajstić information content (AvgIpc) is 2.72. The van der Waals surface area contributed by atoms with E-state index in [4.69, 9.17) is 5.26 Å². The summed E-state index contributed by atoms with van der Waals surface area (Å²) in [6.07, 6.45) is 2.51. The number of ether oxygens (including phenoxy) is 1. The van der Waals surface area contributed by atoms with Crippen molar-refractivity contribution < 1.29 is 9.53 Å². The van der Waals surface area contributed by atoms with Gasteiger partial charge in [0.05, 0.1) is 7.11 Å². The molecule has 1 heterocycles. The molecule has 1 rings (SSSR count). The number of nitrogens with zero attached hydrogens (tertiary/aromatic N) is 1. The van der Waals surface area contributed by atoms with E-state index in [2.05, 4.69) is 11.7 Å². The Kier molecular flexibility index (Phi) is 4.07. The normalized spacial score (nSPS) is 10.9. The molecule has 78 valence electrons. The van der Waals surface area contributed by atoms with Gasteiger partial charge in [-0.2, -0.15) is 5.26 Å². The van der Waals surface area contributed by atoms with Gasteiger partial charge in [-0.3, -0.25) is 0 Å². The zero-order chi connectivity index (χ0) is 11.3. The molecular weight excluding hydrogens is 210 g/mol. The first-order valence-electron chi connectivity index (χ1n) is 4.50. The first-order chi connectivity index (χ1) is 7.21. The smallest absolute Gasteiger partial charge is 0.348 e. The van der Waals surface area contributed by atoms with Crippen LogP contribution in [0.1, 0.15) is 16.7 Å². The van der Waals surface area contributed by atoms with Gasteiger partial charge in [-0.25, -0.2) is 4.79 Å². The molecule has 1 aromatic heterocycles. The third-order valence-corrected chi connectivity index (χ3v) is 3.02. The minimum absolute atomic E-state index is 0.0296. The topological polar surface area (TPSA) is 50.1 Å². The molecule has 0 aromatic carbocycles. The van der Waals surface area contributed by atoms with Crippen LogP contribution in [0.2, 0.25) is 0 Å². The summed E-state index contributed by atoms with van der Waals surface area (Å²) >= 11 is 1.57. The number of esters is 1. The van der Waals surface area contributed by atoms with Gasteiger partial charge in [0.25, 0.3) is 0 Å². The fourth-order valence-electron chi connectivity index (χ4n) is 1.05. The maximum atomic E-state index is 11.1. The molecule has 3 nitrogen and oxygen atoms in total. The van der Waals surface area contributed by atoms with Crippen molar-refractivity contribution >= 4 is 23.4 Å². The van der Waals surface area contributed by atoms with Crippen molar-refractivity contribution in [2.45, 2.75) is 13.3 Å². The molecular formula is C11H11NO2S. The molecule has 0 saturated carbocycles. The fraction of sp³-hybridized carbons (Fsp3) is 0.273. The SMILES string of the molecule is CCc1ccc(/C=C(\C#N)C(=O)OC)s1. The van der Waals surface area contributed by atoms with E-state index in [0.717, 1.165) is 11.3 Å². The van der Waals surface area contributed by atoms with Crippen molar-refractivity contribution in [1.82, 2.24) is 0 Å². The van der Waals surface area contributed by atoms with E-state index in [1.165, 1.54) is 12.0 Å². The Morgan fingerprint density at radius 3 is 2.87 bits per heavy atom. The minimum Gasteiger partial charge on any atom is -0.465 e. The molecule has 0 amide bonds. The Morgan fingerprint density at radius 2 is 2.40 bits per heavy atom. The van der Waals surface area contributed by atoms with Gasteiger partial charge >= 0.3 is 5.97 Å². The van der Waals surface area contributed by atoms with Gasteiger partial charge in [0.2, 0.25) is 0 Å². The summed E-state index contributed by atoms with van der Waals surface area (Å²) in [4.78, 5) is 13.2. The highest BCUT2D eigenvalue weighted by Crippen LogP contribution is 2.19. The zero-order valence-electron chi connectivity index (χ0n) is 8.61. The molecule has 15 heavy (non-hydrogen) atoms. The van der Waals surface area contributed by atoms with Gasteiger partial charge in [0, 0.05) is 9.75 Å². The maximum Gasteiger partial charge on any atom is 0.348 e. The highest BCUT2D eigenvalue weighted by Gasteiger charge is 2.08. The van der Waals surface area contributed by atoms with Crippen molar-refractivity contribution in [3.63, 3.8) is 0 Å². The first-order valence-corrected chi connectivity index (χ1v) is 5.31. The molecule has 0 aliphatic carbocycles. The third-order valence-electron chi connectivity index (χ3n) is 1.84. The number of carbonyl (C=O) groups excluding carboxylic acids is 1. The van der Waals surface area contributed by atoms with Crippen LogP contribution in [-0.4, -0.2) is 13.1 Å². The molecule has 0 atom stereocenters. The van der Waals surface area contributed by atoms with Crippen LogP contribution < -0.4 is 0 Å². The second-order valence-electron chi connectivity index (χ2n) is 2.82. The van der Waals surface area contributed by atoms with E-state index in [1.807, 2.05) is 18.2 Å². The highest BCUT2D eigenvalue weighted by molar-refractivity contribution is 7.12. The Labute approximate surface area is 92.6 Å². The summed E-state index contributed by atoms with van der Waals surface area (Å²) in [7, 11) is 1.26. The highest BCUT2D eigenvalue weighted by atomic mass is 32.1. The summed E-state index contributed by atoms with van der Waals surface area (Å²) in [6.45, 7) is 2.06. The Morgan fingerprint density at radius 1 is 1.67 bits per heavy atom. The van der Waals surface area contributed by atoms with Crippen molar-refractivity contribution in [2.75, 3.05) is 7.11 Å². The van der Waals surface area contributed by atoms with Crippen molar-refractivity contribution in [1.29, 1.82) is 5.26 Å². The van der Waals surface area contributed by atoms with Crippen LogP contribution in [0.4, 0.5) is 0 Å². The van der Waals surface area contributed by atoms with E-state index in [1.54, 1.807) is 17.4 Å². The standard InChI is InChI=1S/C11H11NO2S/c1-3-9-4-5-10(15-9)6-8(7-12)11(13)14-2/h4-6H,3H2,1-2H3/b8-6+.